The number of amides is 4. The lowest BCUT2D eigenvalue weighted by Crippen LogP contribution is -2.52. The molecule has 2 saturated heterocycles. The quantitative estimate of drug-likeness (QED) is 0.391. The number of carbonyl (C=O) groups is 3. The van der Waals surface area contributed by atoms with E-state index in [0.29, 0.717) is 87.1 Å². The number of morpholine rings is 1. The number of urea groups is 2. The SMILES string of the molecule is Cc1cc(NC(=O)Nc2ccc(-c3nc(N4CCOCC4)nc(N4CCN(C(=O)N(C)C)CC4)n3)cc2)ccc1C(=O)O. The fourth-order valence-corrected chi connectivity index (χ4v) is 4.89. The molecule has 4 amide bonds. The number of carboxylic acid groups (broad SMARTS) is 1. The Morgan fingerprint density at radius 2 is 1.40 bits per heavy atom. The van der Waals surface area contributed by atoms with Crippen LogP contribution in [0.4, 0.5) is 32.9 Å². The third-order valence-electron chi connectivity index (χ3n) is 7.24. The molecule has 0 saturated carbocycles. The van der Waals surface area contributed by atoms with E-state index in [4.69, 9.17) is 19.7 Å². The van der Waals surface area contributed by atoms with Crippen molar-refractivity contribution in [3.8, 4) is 11.4 Å². The summed E-state index contributed by atoms with van der Waals surface area (Å²) in [5, 5.41) is 14.7. The fourth-order valence-electron chi connectivity index (χ4n) is 4.89. The molecule has 43 heavy (non-hydrogen) atoms. The lowest BCUT2D eigenvalue weighted by molar-refractivity contribution is 0.0696. The summed E-state index contributed by atoms with van der Waals surface area (Å²) in [4.78, 5) is 58.1. The summed E-state index contributed by atoms with van der Waals surface area (Å²) in [7, 11) is 3.49. The van der Waals surface area contributed by atoms with Crippen LogP contribution in [0.15, 0.2) is 42.5 Å². The molecule has 3 heterocycles. The predicted molar refractivity (Wildman–Crippen MR) is 162 cm³/mol. The molecule has 0 radical (unpaired) electrons. The number of benzene rings is 2. The number of aromatic carboxylic acids is 1. The van der Waals surface area contributed by atoms with Gasteiger partial charge >= 0.3 is 18.0 Å². The maximum atomic E-state index is 12.6. The standard InChI is InChI=1S/C29H35N9O5/c1-19-18-22(8-9-23(19)25(39)40)31-28(41)30-21-6-4-20(5-7-21)24-32-26(34-27(33-24)37-14-16-43-17-15-37)36-10-12-38(13-11-36)29(42)35(2)3/h4-9,18H,10-17H2,1-3H3,(H,39,40)(H2,30,31,41). The van der Waals surface area contributed by atoms with E-state index in [2.05, 4.69) is 20.4 Å². The average molecular weight is 590 g/mol. The largest absolute Gasteiger partial charge is 0.478 e. The first-order valence-corrected chi connectivity index (χ1v) is 14.0. The van der Waals surface area contributed by atoms with Crippen LogP contribution in [-0.4, -0.2) is 114 Å². The van der Waals surface area contributed by atoms with Gasteiger partial charge in [-0.25, -0.2) is 14.4 Å². The molecule has 14 heteroatoms. The van der Waals surface area contributed by atoms with Gasteiger partial charge in [0.25, 0.3) is 0 Å². The first-order valence-electron chi connectivity index (χ1n) is 14.0. The second kappa shape index (κ2) is 12.9. The van der Waals surface area contributed by atoms with Crippen LogP contribution >= 0.6 is 0 Å². The summed E-state index contributed by atoms with van der Waals surface area (Å²) in [5.74, 6) is 0.605. The summed E-state index contributed by atoms with van der Waals surface area (Å²) >= 11 is 0. The topological polar surface area (TPSA) is 156 Å². The van der Waals surface area contributed by atoms with Gasteiger partial charge in [-0.3, -0.25) is 0 Å². The molecule has 0 aliphatic carbocycles. The van der Waals surface area contributed by atoms with E-state index in [1.54, 1.807) is 50.2 Å². The summed E-state index contributed by atoms with van der Waals surface area (Å²) in [5.41, 5.74) is 2.53. The molecule has 2 aliphatic rings. The molecule has 2 fully saturated rings. The van der Waals surface area contributed by atoms with Gasteiger partial charge in [0, 0.05) is 70.3 Å². The van der Waals surface area contributed by atoms with Gasteiger partial charge in [0.2, 0.25) is 11.9 Å². The minimum Gasteiger partial charge on any atom is -0.478 e. The number of nitrogens with zero attached hydrogens (tertiary/aromatic N) is 7. The third-order valence-corrected chi connectivity index (χ3v) is 7.24. The van der Waals surface area contributed by atoms with Crippen molar-refractivity contribution >= 4 is 41.3 Å². The number of nitrogens with one attached hydrogen (secondary N) is 2. The van der Waals surface area contributed by atoms with E-state index in [1.165, 1.54) is 6.07 Å². The van der Waals surface area contributed by atoms with Gasteiger partial charge in [-0.05, 0) is 55.0 Å². The van der Waals surface area contributed by atoms with E-state index in [-0.39, 0.29) is 11.6 Å². The minimum absolute atomic E-state index is 0.0152. The Kier molecular flexibility index (Phi) is 8.85. The van der Waals surface area contributed by atoms with Crippen molar-refractivity contribution in [2.24, 2.45) is 0 Å². The number of aryl methyl sites for hydroxylation is 1. The molecule has 0 bridgehead atoms. The van der Waals surface area contributed by atoms with Crippen LogP contribution < -0.4 is 20.4 Å². The molecule has 226 valence electrons. The van der Waals surface area contributed by atoms with Gasteiger partial charge in [0.1, 0.15) is 0 Å². The highest BCUT2D eigenvalue weighted by Gasteiger charge is 2.26. The van der Waals surface area contributed by atoms with Crippen LogP contribution in [-0.2, 0) is 4.74 Å². The number of ether oxygens (including phenoxy) is 1. The van der Waals surface area contributed by atoms with E-state index in [1.807, 2.05) is 17.0 Å². The van der Waals surface area contributed by atoms with Gasteiger partial charge < -0.3 is 40.1 Å². The number of hydrogen-bond donors (Lipinski definition) is 3. The molecule has 2 aliphatic heterocycles. The van der Waals surface area contributed by atoms with Gasteiger partial charge in [0.05, 0.1) is 18.8 Å². The average Bonchev–Trinajstić information content (AvgIpc) is 3.01. The van der Waals surface area contributed by atoms with Gasteiger partial charge in [-0.2, -0.15) is 15.0 Å². The number of rotatable bonds is 6. The van der Waals surface area contributed by atoms with Crippen LogP contribution in [0.25, 0.3) is 11.4 Å². The van der Waals surface area contributed by atoms with Gasteiger partial charge in [-0.1, -0.05) is 0 Å². The molecule has 3 aromatic rings. The van der Waals surface area contributed by atoms with Crippen molar-refractivity contribution in [3.05, 3.63) is 53.6 Å². The van der Waals surface area contributed by atoms with Crippen molar-refractivity contribution in [1.82, 2.24) is 24.8 Å². The monoisotopic (exact) mass is 589 g/mol. The number of carbonyl (C=O) groups excluding carboxylic acids is 2. The highest BCUT2D eigenvalue weighted by Crippen LogP contribution is 2.25. The highest BCUT2D eigenvalue weighted by atomic mass is 16.5. The first kappa shape index (κ1) is 29.5. The van der Waals surface area contributed by atoms with Crippen LogP contribution in [0.2, 0.25) is 0 Å². The van der Waals surface area contributed by atoms with E-state index in [0.717, 1.165) is 5.56 Å². The molecule has 5 rings (SSSR count). The van der Waals surface area contributed by atoms with E-state index >= 15 is 0 Å². The predicted octanol–water partition coefficient (Wildman–Crippen LogP) is 2.83. The van der Waals surface area contributed by atoms with Crippen molar-refractivity contribution in [2.75, 3.05) is 87.0 Å². The van der Waals surface area contributed by atoms with E-state index < -0.39 is 12.0 Å². The van der Waals surface area contributed by atoms with Gasteiger partial charge in [0.15, 0.2) is 5.82 Å². The van der Waals surface area contributed by atoms with Crippen LogP contribution in [0, 0.1) is 6.92 Å². The highest BCUT2D eigenvalue weighted by molar-refractivity contribution is 6.00. The van der Waals surface area contributed by atoms with Crippen molar-refractivity contribution in [3.63, 3.8) is 0 Å². The molecular formula is C29H35N9O5. The smallest absolute Gasteiger partial charge is 0.335 e. The van der Waals surface area contributed by atoms with Gasteiger partial charge in [-0.15, -0.1) is 0 Å². The number of piperazine rings is 1. The van der Waals surface area contributed by atoms with Crippen molar-refractivity contribution < 1.29 is 24.2 Å². The summed E-state index contributed by atoms with van der Waals surface area (Å²) < 4.78 is 5.51. The molecule has 1 aromatic heterocycles. The fraction of sp³-hybridized carbons (Fsp3) is 0.379. The zero-order valence-electron chi connectivity index (χ0n) is 24.4. The Hall–Kier alpha value is -4.98. The normalized spacial score (nSPS) is 15.2. The van der Waals surface area contributed by atoms with E-state index in [9.17, 15) is 19.5 Å². The molecular weight excluding hydrogens is 554 g/mol. The Balaban J connectivity index is 1.31. The number of anilines is 4. The Morgan fingerprint density at radius 1 is 0.814 bits per heavy atom. The minimum atomic E-state index is -1.02. The summed E-state index contributed by atoms with van der Waals surface area (Å²) in [6.07, 6.45) is 0. The second-order valence-electron chi connectivity index (χ2n) is 10.5. The lowest BCUT2D eigenvalue weighted by Gasteiger charge is -2.36. The Labute approximate surface area is 249 Å². The lowest BCUT2D eigenvalue weighted by atomic mass is 10.1. The molecule has 3 N–H and O–H groups in total. The molecule has 0 atom stereocenters. The number of hydrogen-bond acceptors (Lipinski definition) is 9. The number of carboxylic acids is 1. The Bertz CT molecular complexity index is 1480. The van der Waals surface area contributed by atoms with Crippen molar-refractivity contribution in [1.29, 1.82) is 0 Å². The van der Waals surface area contributed by atoms with Crippen LogP contribution in [0.5, 0.6) is 0 Å². The molecule has 2 aromatic carbocycles. The van der Waals surface area contributed by atoms with Crippen molar-refractivity contribution in [2.45, 2.75) is 6.92 Å². The molecule has 0 unspecified atom stereocenters. The second-order valence-corrected chi connectivity index (χ2v) is 10.5. The third kappa shape index (κ3) is 7.09. The first-order chi connectivity index (χ1) is 20.7. The zero-order chi connectivity index (χ0) is 30.5. The maximum absolute atomic E-state index is 12.6. The molecule has 14 nitrogen and oxygen atoms in total. The van der Waals surface area contributed by atoms with Crippen LogP contribution in [0.1, 0.15) is 15.9 Å². The zero-order valence-corrected chi connectivity index (χ0v) is 24.4. The Morgan fingerprint density at radius 3 is 1.98 bits per heavy atom. The number of aromatic nitrogens is 3. The molecule has 0 spiro atoms. The summed E-state index contributed by atoms with van der Waals surface area (Å²) in [6, 6.07) is 11.3. The maximum Gasteiger partial charge on any atom is 0.335 e. The summed E-state index contributed by atoms with van der Waals surface area (Å²) in [6.45, 7) is 6.53. The van der Waals surface area contributed by atoms with Crippen LogP contribution in [0.3, 0.4) is 0 Å².